The van der Waals surface area contributed by atoms with Crippen LogP contribution >= 0.6 is 0 Å². The maximum absolute atomic E-state index is 12.6. The molecule has 0 saturated heterocycles. The molecule has 0 atom stereocenters. The van der Waals surface area contributed by atoms with Gasteiger partial charge >= 0.3 is 0 Å². The molecule has 3 rings (SSSR count). The van der Waals surface area contributed by atoms with Gasteiger partial charge in [0.15, 0.2) is 0 Å². The fraction of sp³-hybridized carbons (Fsp3) is 0.353. The number of carbonyl (C=O) groups is 1. The van der Waals surface area contributed by atoms with Crippen molar-refractivity contribution in [2.24, 2.45) is 0 Å². The molecule has 1 fully saturated rings. The molecule has 0 N–H and O–H groups in total. The van der Waals surface area contributed by atoms with Crippen LogP contribution < -0.4 is 0 Å². The Kier molecular flexibility index (Phi) is 3.95. The molecule has 0 unspecified atom stereocenters. The van der Waals surface area contributed by atoms with E-state index in [0.717, 1.165) is 29.8 Å². The van der Waals surface area contributed by atoms with Crippen LogP contribution in [-0.2, 0) is 17.8 Å². The summed E-state index contributed by atoms with van der Waals surface area (Å²) in [5, 5.41) is 0. The Balaban J connectivity index is 1.69. The molecule has 0 aromatic carbocycles. The van der Waals surface area contributed by atoms with Crippen LogP contribution in [0.3, 0.4) is 0 Å². The predicted molar refractivity (Wildman–Crippen MR) is 80.5 cm³/mol. The van der Waals surface area contributed by atoms with Crippen molar-refractivity contribution in [3.63, 3.8) is 0 Å². The Labute approximate surface area is 124 Å². The van der Waals surface area contributed by atoms with E-state index >= 15 is 0 Å². The van der Waals surface area contributed by atoms with Crippen molar-refractivity contribution in [3.05, 3.63) is 59.7 Å². The topological polar surface area (TPSA) is 46.1 Å². The van der Waals surface area contributed by atoms with E-state index < -0.39 is 0 Å². The van der Waals surface area contributed by atoms with Crippen LogP contribution in [0.4, 0.5) is 0 Å². The highest BCUT2D eigenvalue weighted by atomic mass is 16.2. The molecule has 2 heterocycles. The highest BCUT2D eigenvalue weighted by Gasteiger charge is 2.32. The Morgan fingerprint density at radius 1 is 1.24 bits per heavy atom. The van der Waals surface area contributed by atoms with Gasteiger partial charge in [0.25, 0.3) is 0 Å². The van der Waals surface area contributed by atoms with E-state index in [1.807, 2.05) is 42.2 Å². The number of aryl methyl sites for hydroxylation is 1. The second-order valence-corrected chi connectivity index (χ2v) is 5.56. The number of carbonyl (C=O) groups excluding carboxylic acids is 1. The summed E-state index contributed by atoms with van der Waals surface area (Å²) in [5.41, 5.74) is 2.88. The van der Waals surface area contributed by atoms with Gasteiger partial charge in [-0.15, -0.1) is 0 Å². The Bertz CT molecular complexity index is 606. The third-order valence-corrected chi connectivity index (χ3v) is 3.69. The lowest BCUT2D eigenvalue weighted by molar-refractivity contribution is -0.131. The molecule has 0 aliphatic heterocycles. The zero-order valence-electron chi connectivity index (χ0n) is 12.2. The molecule has 1 saturated carbocycles. The SMILES string of the molecule is Cc1ccc(CC(=O)N(Cc2ccccn2)C2CC2)cn1. The van der Waals surface area contributed by atoms with Crippen molar-refractivity contribution in [2.45, 2.75) is 38.8 Å². The van der Waals surface area contributed by atoms with Crippen molar-refractivity contribution in [3.8, 4) is 0 Å². The summed E-state index contributed by atoms with van der Waals surface area (Å²) in [6.07, 6.45) is 6.18. The fourth-order valence-electron chi connectivity index (χ4n) is 2.35. The van der Waals surface area contributed by atoms with Crippen molar-refractivity contribution >= 4 is 5.91 Å². The van der Waals surface area contributed by atoms with Gasteiger partial charge in [0.2, 0.25) is 5.91 Å². The lowest BCUT2D eigenvalue weighted by Gasteiger charge is -2.22. The van der Waals surface area contributed by atoms with E-state index in [2.05, 4.69) is 9.97 Å². The van der Waals surface area contributed by atoms with Gasteiger partial charge in [-0.2, -0.15) is 0 Å². The van der Waals surface area contributed by atoms with Gasteiger partial charge in [0, 0.05) is 24.1 Å². The van der Waals surface area contributed by atoms with E-state index in [4.69, 9.17) is 0 Å². The summed E-state index contributed by atoms with van der Waals surface area (Å²) in [4.78, 5) is 23.1. The number of amides is 1. The van der Waals surface area contributed by atoms with Gasteiger partial charge in [0.05, 0.1) is 18.7 Å². The molecule has 0 bridgehead atoms. The van der Waals surface area contributed by atoms with E-state index in [-0.39, 0.29) is 5.91 Å². The average molecular weight is 281 g/mol. The van der Waals surface area contributed by atoms with Crippen LogP contribution in [-0.4, -0.2) is 26.8 Å². The number of hydrogen-bond acceptors (Lipinski definition) is 3. The molecular formula is C17H19N3O. The lowest BCUT2D eigenvalue weighted by Crippen LogP contribution is -2.34. The monoisotopic (exact) mass is 281 g/mol. The minimum atomic E-state index is 0.161. The first kappa shape index (κ1) is 13.7. The first-order valence-corrected chi connectivity index (χ1v) is 7.33. The standard InChI is InChI=1S/C17H19N3O/c1-13-5-6-14(11-19-13)10-17(21)20(16-7-8-16)12-15-4-2-3-9-18-15/h2-6,9,11,16H,7-8,10,12H2,1H3. The molecule has 2 aromatic heterocycles. The Morgan fingerprint density at radius 3 is 2.71 bits per heavy atom. The smallest absolute Gasteiger partial charge is 0.227 e. The largest absolute Gasteiger partial charge is 0.334 e. The first-order valence-electron chi connectivity index (χ1n) is 7.33. The Morgan fingerprint density at radius 2 is 2.10 bits per heavy atom. The van der Waals surface area contributed by atoms with Gasteiger partial charge in [-0.3, -0.25) is 14.8 Å². The summed E-state index contributed by atoms with van der Waals surface area (Å²) < 4.78 is 0. The van der Waals surface area contributed by atoms with E-state index in [1.54, 1.807) is 12.4 Å². The fourth-order valence-corrected chi connectivity index (χ4v) is 2.35. The van der Waals surface area contributed by atoms with Crippen LogP contribution in [0.15, 0.2) is 42.7 Å². The van der Waals surface area contributed by atoms with Crippen LogP contribution in [0.25, 0.3) is 0 Å². The van der Waals surface area contributed by atoms with Gasteiger partial charge in [-0.25, -0.2) is 0 Å². The summed E-state index contributed by atoms with van der Waals surface area (Å²) >= 11 is 0. The third-order valence-electron chi connectivity index (χ3n) is 3.69. The number of nitrogens with zero attached hydrogens (tertiary/aromatic N) is 3. The van der Waals surface area contributed by atoms with Gasteiger partial charge in [-0.1, -0.05) is 12.1 Å². The van der Waals surface area contributed by atoms with Crippen LogP contribution in [0.1, 0.15) is 29.8 Å². The van der Waals surface area contributed by atoms with Crippen molar-refractivity contribution in [2.75, 3.05) is 0 Å². The molecule has 1 amide bonds. The van der Waals surface area contributed by atoms with Crippen LogP contribution in [0, 0.1) is 6.92 Å². The average Bonchev–Trinajstić information content (AvgIpc) is 3.33. The molecule has 0 spiro atoms. The highest BCUT2D eigenvalue weighted by molar-refractivity contribution is 5.79. The summed E-state index contributed by atoms with van der Waals surface area (Å²) in [5.74, 6) is 0.161. The highest BCUT2D eigenvalue weighted by Crippen LogP contribution is 2.28. The zero-order chi connectivity index (χ0) is 14.7. The first-order chi connectivity index (χ1) is 10.2. The number of hydrogen-bond donors (Lipinski definition) is 0. The second-order valence-electron chi connectivity index (χ2n) is 5.56. The second kappa shape index (κ2) is 6.04. The normalized spacial score (nSPS) is 14.0. The van der Waals surface area contributed by atoms with E-state index in [9.17, 15) is 4.79 Å². The quantitative estimate of drug-likeness (QED) is 0.846. The van der Waals surface area contributed by atoms with Crippen molar-refractivity contribution < 1.29 is 4.79 Å². The maximum atomic E-state index is 12.6. The van der Waals surface area contributed by atoms with Crippen LogP contribution in [0.5, 0.6) is 0 Å². The minimum absolute atomic E-state index is 0.161. The molecule has 4 nitrogen and oxygen atoms in total. The molecular weight excluding hydrogens is 262 g/mol. The third kappa shape index (κ3) is 3.66. The van der Waals surface area contributed by atoms with E-state index in [0.29, 0.717) is 19.0 Å². The molecule has 0 radical (unpaired) electrons. The number of aromatic nitrogens is 2. The molecule has 4 heteroatoms. The summed E-state index contributed by atoms with van der Waals surface area (Å²) in [6.45, 7) is 2.55. The van der Waals surface area contributed by atoms with Crippen molar-refractivity contribution in [1.29, 1.82) is 0 Å². The molecule has 1 aliphatic rings. The van der Waals surface area contributed by atoms with Gasteiger partial charge < -0.3 is 4.90 Å². The van der Waals surface area contributed by atoms with Gasteiger partial charge in [-0.05, 0) is 43.5 Å². The van der Waals surface area contributed by atoms with Gasteiger partial charge in [0.1, 0.15) is 0 Å². The van der Waals surface area contributed by atoms with Crippen LogP contribution in [0.2, 0.25) is 0 Å². The molecule has 21 heavy (non-hydrogen) atoms. The number of pyridine rings is 2. The lowest BCUT2D eigenvalue weighted by atomic mass is 10.1. The maximum Gasteiger partial charge on any atom is 0.227 e. The Hall–Kier alpha value is -2.23. The summed E-state index contributed by atoms with van der Waals surface area (Å²) in [6, 6.07) is 10.1. The predicted octanol–water partition coefficient (Wildman–Crippen LogP) is 2.52. The van der Waals surface area contributed by atoms with Crippen molar-refractivity contribution in [1.82, 2.24) is 14.9 Å². The molecule has 2 aromatic rings. The number of rotatable bonds is 5. The molecule has 108 valence electrons. The summed E-state index contributed by atoms with van der Waals surface area (Å²) in [7, 11) is 0. The molecule has 1 aliphatic carbocycles. The zero-order valence-corrected chi connectivity index (χ0v) is 12.2. The van der Waals surface area contributed by atoms with E-state index in [1.165, 1.54) is 0 Å². The minimum Gasteiger partial charge on any atom is -0.334 e.